The van der Waals surface area contributed by atoms with Crippen molar-refractivity contribution in [1.29, 1.82) is 0 Å². The van der Waals surface area contributed by atoms with E-state index in [1.165, 1.54) is 11.3 Å². The molecule has 144 valence electrons. The highest BCUT2D eigenvalue weighted by molar-refractivity contribution is 7.17. The van der Waals surface area contributed by atoms with Gasteiger partial charge >= 0.3 is 0 Å². The van der Waals surface area contributed by atoms with E-state index in [9.17, 15) is 9.59 Å². The van der Waals surface area contributed by atoms with Crippen LogP contribution in [0.4, 0.5) is 0 Å². The number of hydrogen-bond donors (Lipinski definition) is 1. The average molecular weight is 395 g/mol. The highest BCUT2D eigenvalue weighted by Crippen LogP contribution is 2.20. The van der Waals surface area contributed by atoms with Crippen LogP contribution in [-0.2, 0) is 17.8 Å². The van der Waals surface area contributed by atoms with Crippen LogP contribution >= 0.6 is 11.3 Å². The predicted molar refractivity (Wildman–Crippen MR) is 110 cm³/mol. The zero-order valence-corrected chi connectivity index (χ0v) is 16.6. The molecule has 7 nitrogen and oxygen atoms in total. The number of rotatable bonds is 6. The third-order valence-electron chi connectivity index (χ3n) is 4.85. The van der Waals surface area contributed by atoms with Crippen LogP contribution in [0, 0.1) is 0 Å². The van der Waals surface area contributed by atoms with Crippen LogP contribution in [0.3, 0.4) is 0 Å². The molecule has 28 heavy (non-hydrogen) atoms. The third kappa shape index (κ3) is 3.20. The second-order valence-electron chi connectivity index (χ2n) is 6.64. The Morgan fingerprint density at radius 2 is 2.00 bits per heavy atom. The Balaban J connectivity index is 1.56. The fraction of sp³-hybridized carbons (Fsp3) is 0.300. The van der Waals surface area contributed by atoms with E-state index >= 15 is 0 Å². The summed E-state index contributed by atoms with van der Waals surface area (Å²) in [6.45, 7) is 4.39. The Morgan fingerprint density at radius 3 is 2.75 bits per heavy atom. The van der Waals surface area contributed by atoms with Gasteiger partial charge in [-0.15, -0.1) is 21.5 Å². The van der Waals surface area contributed by atoms with Crippen LogP contribution in [0.1, 0.15) is 37.7 Å². The molecule has 0 aliphatic heterocycles. The molecule has 1 aromatic carbocycles. The zero-order valence-electron chi connectivity index (χ0n) is 15.8. The molecule has 0 saturated carbocycles. The first-order chi connectivity index (χ1) is 13.6. The van der Waals surface area contributed by atoms with Gasteiger partial charge in [0.05, 0.1) is 11.6 Å². The molecular formula is C20H21N5O2S. The molecule has 0 radical (unpaired) electrons. The minimum Gasteiger partial charge on any atom is -0.350 e. The topological polar surface area (TPSA) is 81.3 Å². The molecule has 8 heteroatoms. The van der Waals surface area contributed by atoms with E-state index in [0.29, 0.717) is 35.7 Å². The van der Waals surface area contributed by atoms with Crippen LogP contribution in [0.2, 0.25) is 0 Å². The summed E-state index contributed by atoms with van der Waals surface area (Å²) in [4.78, 5) is 25.0. The number of hydrogen-bond acceptors (Lipinski definition) is 5. The molecule has 0 fully saturated rings. The van der Waals surface area contributed by atoms with Crippen molar-refractivity contribution in [3.63, 3.8) is 0 Å². The van der Waals surface area contributed by atoms with Gasteiger partial charge in [-0.2, -0.15) is 0 Å². The van der Waals surface area contributed by atoms with E-state index in [4.69, 9.17) is 0 Å². The van der Waals surface area contributed by atoms with E-state index in [0.717, 1.165) is 11.1 Å². The van der Waals surface area contributed by atoms with Gasteiger partial charge in [-0.25, -0.2) is 0 Å². The first kappa shape index (κ1) is 18.4. The zero-order chi connectivity index (χ0) is 19.7. The van der Waals surface area contributed by atoms with Gasteiger partial charge in [0.15, 0.2) is 0 Å². The maximum absolute atomic E-state index is 12.6. The second-order valence-corrected chi connectivity index (χ2v) is 7.55. The maximum atomic E-state index is 12.6. The van der Waals surface area contributed by atoms with E-state index in [2.05, 4.69) is 15.5 Å². The summed E-state index contributed by atoms with van der Waals surface area (Å²) in [6, 6.07) is 11.7. The van der Waals surface area contributed by atoms with Gasteiger partial charge in [0.2, 0.25) is 11.7 Å². The van der Waals surface area contributed by atoms with Crippen molar-refractivity contribution in [2.45, 2.75) is 39.3 Å². The van der Waals surface area contributed by atoms with Gasteiger partial charge in [-0.3, -0.25) is 18.6 Å². The first-order valence-corrected chi connectivity index (χ1v) is 10.2. The Kier molecular flexibility index (Phi) is 4.95. The number of benzene rings is 1. The van der Waals surface area contributed by atoms with Crippen LogP contribution < -0.4 is 10.9 Å². The molecule has 0 bridgehead atoms. The van der Waals surface area contributed by atoms with Gasteiger partial charge in [-0.1, -0.05) is 30.3 Å². The fourth-order valence-corrected chi connectivity index (χ4v) is 4.22. The largest absolute Gasteiger partial charge is 0.350 e. The Labute approximate surface area is 165 Å². The summed E-state index contributed by atoms with van der Waals surface area (Å²) in [5.74, 6) is 1.16. The van der Waals surface area contributed by atoms with Crippen molar-refractivity contribution >= 4 is 33.2 Å². The van der Waals surface area contributed by atoms with Gasteiger partial charge in [0.1, 0.15) is 10.5 Å². The molecule has 0 spiro atoms. The normalized spacial score (nSPS) is 12.5. The predicted octanol–water partition coefficient (Wildman–Crippen LogP) is 2.94. The lowest BCUT2D eigenvalue weighted by atomic mass is 10.1. The Bertz CT molecular complexity index is 1190. The van der Waals surface area contributed by atoms with E-state index < -0.39 is 0 Å². The van der Waals surface area contributed by atoms with E-state index in [-0.39, 0.29) is 17.5 Å². The quantitative estimate of drug-likeness (QED) is 0.544. The summed E-state index contributed by atoms with van der Waals surface area (Å²) < 4.78 is 4.19. The number of nitrogens with zero attached hydrogens (tertiary/aromatic N) is 4. The molecule has 1 amide bonds. The van der Waals surface area contributed by atoms with Crippen molar-refractivity contribution < 1.29 is 4.79 Å². The third-order valence-corrected chi connectivity index (χ3v) is 5.74. The minimum absolute atomic E-state index is 0.0431. The minimum atomic E-state index is -0.0577. The monoisotopic (exact) mass is 395 g/mol. The smallest absolute Gasteiger partial charge is 0.272 e. The molecule has 4 aromatic rings. The van der Waals surface area contributed by atoms with Gasteiger partial charge in [0.25, 0.3) is 5.56 Å². The van der Waals surface area contributed by atoms with Crippen molar-refractivity contribution in [2.75, 3.05) is 0 Å². The SMILES string of the molecule is CCn1c(=O)c2sccc2n2c(CCC(=O)N[C@H](C)c3ccccc3)nnc12. The number of aryl methyl sites for hydroxylation is 2. The van der Waals surface area contributed by atoms with Crippen LogP contribution in [0.15, 0.2) is 46.6 Å². The second kappa shape index (κ2) is 7.55. The molecule has 0 aliphatic rings. The molecule has 0 saturated heterocycles. The summed E-state index contributed by atoms with van der Waals surface area (Å²) in [5, 5.41) is 13.4. The summed E-state index contributed by atoms with van der Waals surface area (Å²) >= 11 is 1.41. The summed E-state index contributed by atoms with van der Waals surface area (Å²) in [6.07, 6.45) is 0.746. The molecule has 0 unspecified atom stereocenters. The maximum Gasteiger partial charge on any atom is 0.272 e. The van der Waals surface area contributed by atoms with Crippen molar-refractivity contribution in [2.24, 2.45) is 0 Å². The van der Waals surface area contributed by atoms with Gasteiger partial charge < -0.3 is 5.32 Å². The molecule has 4 rings (SSSR count). The summed E-state index contributed by atoms with van der Waals surface area (Å²) in [7, 11) is 0. The van der Waals surface area contributed by atoms with Crippen LogP contribution in [0.5, 0.6) is 0 Å². The van der Waals surface area contributed by atoms with E-state index in [1.54, 1.807) is 4.57 Å². The average Bonchev–Trinajstić information content (AvgIpc) is 3.34. The highest BCUT2D eigenvalue weighted by atomic mass is 32.1. The van der Waals surface area contributed by atoms with E-state index in [1.807, 2.05) is 60.0 Å². The lowest BCUT2D eigenvalue weighted by molar-refractivity contribution is -0.121. The van der Waals surface area contributed by atoms with Crippen molar-refractivity contribution in [1.82, 2.24) is 24.5 Å². The summed E-state index contributed by atoms with van der Waals surface area (Å²) in [5.41, 5.74) is 1.82. The number of carbonyl (C=O) groups is 1. The van der Waals surface area contributed by atoms with Gasteiger partial charge in [-0.05, 0) is 30.9 Å². The highest BCUT2D eigenvalue weighted by Gasteiger charge is 2.17. The van der Waals surface area contributed by atoms with Crippen LogP contribution in [0.25, 0.3) is 16.0 Å². The number of thiophene rings is 1. The lowest BCUT2D eigenvalue weighted by Crippen LogP contribution is -2.27. The molecule has 1 atom stereocenters. The first-order valence-electron chi connectivity index (χ1n) is 9.28. The number of aromatic nitrogens is 4. The number of carbonyl (C=O) groups excluding carboxylic acids is 1. The lowest BCUT2D eigenvalue weighted by Gasteiger charge is -2.14. The van der Waals surface area contributed by atoms with Crippen molar-refractivity contribution in [3.05, 3.63) is 63.5 Å². The number of amides is 1. The Hall–Kier alpha value is -3.00. The van der Waals surface area contributed by atoms with Crippen LogP contribution in [-0.4, -0.2) is 25.1 Å². The fourth-order valence-electron chi connectivity index (χ4n) is 3.39. The number of fused-ring (bicyclic) bond motifs is 3. The standard InChI is InChI=1S/C20H21N5O2S/c1-3-24-19(27)18-15(11-12-28-18)25-16(22-23-20(24)25)9-10-17(26)21-13(2)14-7-5-4-6-8-14/h4-8,11-13H,3,9-10H2,1-2H3,(H,21,26)/t13-/m1/s1. The Morgan fingerprint density at radius 1 is 1.21 bits per heavy atom. The molecule has 3 heterocycles. The van der Waals surface area contributed by atoms with Gasteiger partial charge in [0, 0.05) is 19.4 Å². The van der Waals surface area contributed by atoms with Crippen molar-refractivity contribution in [3.8, 4) is 0 Å². The molecule has 1 N–H and O–H groups in total. The number of nitrogens with one attached hydrogen (secondary N) is 1. The molecule has 0 aliphatic carbocycles. The molecule has 3 aromatic heterocycles. The molecular weight excluding hydrogens is 374 g/mol.